The predicted octanol–water partition coefficient (Wildman–Crippen LogP) is 1.76. The molecular weight excluding hydrogens is 322 g/mol. The molecule has 0 spiro atoms. The second kappa shape index (κ2) is 8.01. The van der Waals surface area contributed by atoms with Gasteiger partial charge in [-0.05, 0) is 54.6 Å². The number of carbonyl (C=O) groups is 2. The molecule has 6 heteroatoms. The lowest BCUT2D eigenvalue weighted by Crippen LogP contribution is -2.33. The summed E-state index contributed by atoms with van der Waals surface area (Å²) in [6.45, 7) is 3.25. The van der Waals surface area contributed by atoms with E-state index >= 15 is 0 Å². The van der Waals surface area contributed by atoms with Gasteiger partial charge in [0.25, 0.3) is 0 Å². The summed E-state index contributed by atoms with van der Waals surface area (Å²) < 4.78 is 0.805. The van der Waals surface area contributed by atoms with Gasteiger partial charge in [-0.3, -0.25) is 9.59 Å². The molecule has 0 bridgehead atoms. The molecule has 2 N–H and O–H groups in total. The van der Waals surface area contributed by atoms with Gasteiger partial charge < -0.3 is 15.5 Å². The lowest BCUT2D eigenvalue weighted by molar-refractivity contribution is -0.126. The minimum absolute atomic E-state index is 0.173. The van der Waals surface area contributed by atoms with Crippen molar-refractivity contribution in [1.29, 1.82) is 0 Å². The zero-order chi connectivity index (χ0) is 15.1. The van der Waals surface area contributed by atoms with E-state index in [-0.39, 0.29) is 18.2 Å². The number of anilines is 1. The first-order valence-electron chi connectivity index (χ1n) is 6.36. The topological polar surface area (TPSA) is 61.4 Å². The van der Waals surface area contributed by atoms with Crippen LogP contribution >= 0.6 is 15.9 Å². The molecule has 0 atom stereocenters. The fraction of sp³-hybridized carbons (Fsp3) is 0.429. The zero-order valence-corrected chi connectivity index (χ0v) is 13.6. The van der Waals surface area contributed by atoms with Crippen molar-refractivity contribution < 1.29 is 9.59 Å². The van der Waals surface area contributed by atoms with Gasteiger partial charge in [0.15, 0.2) is 0 Å². The van der Waals surface area contributed by atoms with Gasteiger partial charge in [0.2, 0.25) is 11.8 Å². The average molecular weight is 342 g/mol. The van der Waals surface area contributed by atoms with Crippen LogP contribution in [0.4, 0.5) is 5.69 Å². The Morgan fingerprint density at radius 2 is 1.95 bits per heavy atom. The third-order valence-corrected chi connectivity index (χ3v) is 3.26. The van der Waals surface area contributed by atoms with Gasteiger partial charge >= 0.3 is 0 Å². The molecule has 0 radical (unpaired) electrons. The molecule has 110 valence electrons. The van der Waals surface area contributed by atoms with Crippen LogP contribution in [0, 0.1) is 6.92 Å². The number of benzene rings is 1. The van der Waals surface area contributed by atoms with Crippen LogP contribution in [0.1, 0.15) is 12.0 Å². The quantitative estimate of drug-likeness (QED) is 0.775. The lowest BCUT2D eigenvalue weighted by atomic mass is 10.2. The SMILES string of the molecule is Cc1ccc(NC(=O)CC(=O)NCCN(C)C)c(Br)c1. The number of carbonyl (C=O) groups excluding carboxylic acids is 2. The van der Waals surface area contributed by atoms with E-state index in [1.54, 1.807) is 6.07 Å². The second-order valence-electron chi connectivity index (χ2n) is 4.86. The molecule has 0 aliphatic rings. The number of hydrogen-bond acceptors (Lipinski definition) is 3. The lowest BCUT2D eigenvalue weighted by Gasteiger charge is -2.11. The van der Waals surface area contributed by atoms with Gasteiger partial charge in [-0.1, -0.05) is 6.07 Å². The summed E-state index contributed by atoms with van der Waals surface area (Å²) >= 11 is 3.38. The monoisotopic (exact) mass is 341 g/mol. The number of hydrogen-bond donors (Lipinski definition) is 2. The van der Waals surface area contributed by atoms with Crippen LogP contribution < -0.4 is 10.6 Å². The predicted molar refractivity (Wildman–Crippen MR) is 83.7 cm³/mol. The summed E-state index contributed by atoms with van der Waals surface area (Å²) in [4.78, 5) is 25.3. The Kier molecular flexibility index (Phi) is 6.67. The highest BCUT2D eigenvalue weighted by Crippen LogP contribution is 2.23. The second-order valence-corrected chi connectivity index (χ2v) is 5.72. The van der Waals surface area contributed by atoms with E-state index in [2.05, 4.69) is 26.6 Å². The van der Waals surface area contributed by atoms with Crippen LogP contribution in [-0.4, -0.2) is 43.9 Å². The average Bonchev–Trinajstić information content (AvgIpc) is 2.32. The Balaban J connectivity index is 2.41. The Morgan fingerprint density at radius 1 is 1.25 bits per heavy atom. The molecule has 5 nitrogen and oxygen atoms in total. The molecule has 0 fully saturated rings. The maximum absolute atomic E-state index is 11.8. The van der Waals surface area contributed by atoms with E-state index in [0.717, 1.165) is 16.6 Å². The Bertz CT molecular complexity index is 489. The van der Waals surface area contributed by atoms with E-state index in [9.17, 15) is 9.59 Å². The van der Waals surface area contributed by atoms with Crippen molar-refractivity contribution >= 4 is 33.4 Å². The van der Waals surface area contributed by atoms with Gasteiger partial charge in [-0.2, -0.15) is 0 Å². The third kappa shape index (κ3) is 6.16. The minimum atomic E-state index is -0.322. The summed E-state index contributed by atoms with van der Waals surface area (Å²) in [5, 5.41) is 5.41. The molecule has 0 unspecified atom stereocenters. The maximum atomic E-state index is 11.8. The van der Waals surface area contributed by atoms with Gasteiger partial charge in [0, 0.05) is 17.6 Å². The van der Waals surface area contributed by atoms with Crippen LogP contribution in [0.15, 0.2) is 22.7 Å². The molecule has 0 aromatic heterocycles. The number of likely N-dealkylation sites (N-methyl/N-ethyl adjacent to an activating group) is 1. The number of rotatable bonds is 6. The van der Waals surface area contributed by atoms with Gasteiger partial charge in [-0.25, -0.2) is 0 Å². The van der Waals surface area contributed by atoms with Crippen LogP contribution in [0.3, 0.4) is 0 Å². The van der Waals surface area contributed by atoms with E-state index in [1.807, 2.05) is 38.1 Å². The Labute approximate surface area is 127 Å². The number of halogens is 1. The van der Waals surface area contributed by atoms with Crippen molar-refractivity contribution in [2.45, 2.75) is 13.3 Å². The number of aryl methyl sites for hydroxylation is 1. The normalized spacial score (nSPS) is 10.4. The molecule has 20 heavy (non-hydrogen) atoms. The van der Waals surface area contributed by atoms with Gasteiger partial charge in [0.05, 0.1) is 5.69 Å². The molecule has 0 saturated heterocycles. The van der Waals surface area contributed by atoms with Gasteiger partial charge in [0.1, 0.15) is 6.42 Å². The van der Waals surface area contributed by atoms with E-state index in [1.165, 1.54) is 0 Å². The summed E-state index contributed by atoms with van der Waals surface area (Å²) in [6, 6.07) is 5.62. The standard InChI is InChI=1S/C14H20BrN3O2/c1-10-4-5-12(11(15)8-10)17-14(20)9-13(19)16-6-7-18(2)3/h4-5,8H,6-7,9H2,1-3H3,(H,16,19)(H,17,20). The highest BCUT2D eigenvalue weighted by Gasteiger charge is 2.10. The van der Waals surface area contributed by atoms with Crippen LogP contribution in [0.2, 0.25) is 0 Å². The Morgan fingerprint density at radius 3 is 2.55 bits per heavy atom. The number of nitrogens with zero attached hydrogens (tertiary/aromatic N) is 1. The molecular formula is C14H20BrN3O2. The molecule has 1 aromatic rings. The van der Waals surface area contributed by atoms with Crippen LogP contribution in [-0.2, 0) is 9.59 Å². The first-order valence-corrected chi connectivity index (χ1v) is 7.15. The van der Waals surface area contributed by atoms with E-state index in [4.69, 9.17) is 0 Å². The highest BCUT2D eigenvalue weighted by molar-refractivity contribution is 9.10. The van der Waals surface area contributed by atoms with Gasteiger partial charge in [-0.15, -0.1) is 0 Å². The fourth-order valence-corrected chi connectivity index (χ4v) is 2.14. The molecule has 1 rings (SSSR count). The molecule has 1 aromatic carbocycles. The summed E-state index contributed by atoms with van der Waals surface area (Å²) in [6.07, 6.45) is -0.173. The molecule has 0 aliphatic heterocycles. The number of nitrogens with one attached hydrogen (secondary N) is 2. The van der Waals surface area contributed by atoms with Crippen LogP contribution in [0.5, 0.6) is 0 Å². The van der Waals surface area contributed by atoms with Crippen LogP contribution in [0.25, 0.3) is 0 Å². The highest BCUT2D eigenvalue weighted by atomic mass is 79.9. The van der Waals surface area contributed by atoms with Crippen molar-refractivity contribution in [3.63, 3.8) is 0 Å². The Hall–Kier alpha value is -1.40. The van der Waals surface area contributed by atoms with Crippen molar-refractivity contribution in [3.8, 4) is 0 Å². The van der Waals surface area contributed by atoms with Crippen molar-refractivity contribution in [1.82, 2.24) is 10.2 Å². The summed E-state index contributed by atoms with van der Waals surface area (Å²) in [5.74, 6) is -0.593. The molecule has 0 aliphatic carbocycles. The minimum Gasteiger partial charge on any atom is -0.354 e. The number of amides is 2. The van der Waals surface area contributed by atoms with E-state index < -0.39 is 0 Å². The summed E-state index contributed by atoms with van der Waals surface area (Å²) in [5.41, 5.74) is 1.76. The molecule has 2 amide bonds. The zero-order valence-electron chi connectivity index (χ0n) is 12.0. The smallest absolute Gasteiger partial charge is 0.233 e. The third-order valence-electron chi connectivity index (χ3n) is 2.60. The van der Waals surface area contributed by atoms with E-state index in [0.29, 0.717) is 12.2 Å². The van der Waals surface area contributed by atoms with Crippen molar-refractivity contribution in [2.24, 2.45) is 0 Å². The maximum Gasteiger partial charge on any atom is 0.233 e. The van der Waals surface area contributed by atoms with Crippen molar-refractivity contribution in [3.05, 3.63) is 28.2 Å². The fourth-order valence-electron chi connectivity index (χ4n) is 1.54. The summed E-state index contributed by atoms with van der Waals surface area (Å²) in [7, 11) is 3.85. The van der Waals surface area contributed by atoms with Crippen molar-refractivity contribution in [2.75, 3.05) is 32.5 Å². The first-order chi connectivity index (χ1) is 9.38. The molecule has 0 saturated carbocycles. The first kappa shape index (κ1) is 16.7. The largest absolute Gasteiger partial charge is 0.354 e. The molecule has 0 heterocycles.